The zero-order chi connectivity index (χ0) is 9.14. The Labute approximate surface area is 73.9 Å². The van der Waals surface area contributed by atoms with Crippen LogP contribution in [0.1, 0.15) is 20.3 Å². The molecule has 2 N–H and O–H groups in total. The third kappa shape index (κ3) is 2.21. The van der Waals surface area contributed by atoms with E-state index in [1.807, 2.05) is 4.90 Å². The molecule has 0 atom stereocenters. The number of nitrogens with two attached hydrogens (primary N) is 1. The highest BCUT2D eigenvalue weighted by Gasteiger charge is 2.29. The number of rotatable bonds is 3. The first-order valence-electron chi connectivity index (χ1n) is 4.61. The van der Waals surface area contributed by atoms with Crippen molar-refractivity contribution in [3.63, 3.8) is 0 Å². The van der Waals surface area contributed by atoms with Crippen molar-refractivity contribution in [3.05, 3.63) is 0 Å². The molecule has 0 spiro atoms. The monoisotopic (exact) mass is 170 g/mol. The molecule has 1 rings (SSSR count). The van der Waals surface area contributed by atoms with Gasteiger partial charge in [0.25, 0.3) is 0 Å². The van der Waals surface area contributed by atoms with Gasteiger partial charge in [0.2, 0.25) is 5.91 Å². The van der Waals surface area contributed by atoms with Crippen LogP contribution in [0.25, 0.3) is 0 Å². The van der Waals surface area contributed by atoms with Crippen molar-refractivity contribution in [3.8, 4) is 0 Å². The zero-order valence-corrected chi connectivity index (χ0v) is 7.92. The van der Waals surface area contributed by atoms with Gasteiger partial charge in [-0.2, -0.15) is 0 Å². The molecule has 3 heteroatoms. The molecule has 1 aliphatic heterocycles. The van der Waals surface area contributed by atoms with E-state index in [0.717, 1.165) is 13.1 Å². The second-order valence-corrected chi connectivity index (χ2v) is 4.00. The van der Waals surface area contributed by atoms with Crippen molar-refractivity contribution in [2.75, 3.05) is 19.6 Å². The highest BCUT2D eigenvalue weighted by Crippen LogP contribution is 2.16. The average molecular weight is 170 g/mol. The molecule has 1 aliphatic rings. The first-order valence-corrected chi connectivity index (χ1v) is 4.61. The minimum Gasteiger partial charge on any atom is -0.342 e. The number of carbonyl (C=O) groups is 1. The second-order valence-electron chi connectivity index (χ2n) is 4.00. The van der Waals surface area contributed by atoms with E-state index in [1.54, 1.807) is 0 Å². The molecule has 0 bridgehead atoms. The van der Waals surface area contributed by atoms with E-state index in [2.05, 4.69) is 13.8 Å². The fraction of sp³-hybridized carbons (Fsp3) is 0.889. The van der Waals surface area contributed by atoms with Gasteiger partial charge in [-0.05, 0) is 12.5 Å². The molecule has 1 amide bonds. The first kappa shape index (κ1) is 9.52. The summed E-state index contributed by atoms with van der Waals surface area (Å²) in [7, 11) is 0. The van der Waals surface area contributed by atoms with Gasteiger partial charge < -0.3 is 10.6 Å². The normalized spacial score (nSPS) is 18.2. The highest BCUT2D eigenvalue weighted by molar-refractivity contribution is 5.77. The van der Waals surface area contributed by atoms with Crippen molar-refractivity contribution < 1.29 is 4.79 Å². The molecule has 0 saturated carbocycles. The summed E-state index contributed by atoms with van der Waals surface area (Å²) in [5.41, 5.74) is 5.46. The lowest BCUT2D eigenvalue weighted by Gasteiger charge is -2.39. The number of likely N-dealkylation sites (tertiary alicyclic amines) is 1. The Morgan fingerprint density at radius 1 is 1.58 bits per heavy atom. The van der Waals surface area contributed by atoms with E-state index >= 15 is 0 Å². The van der Waals surface area contributed by atoms with Crippen LogP contribution in [0.3, 0.4) is 0 Å². The summed E-state index contributed by atoms with van der Waals surface area (Å²) in [6, 6.07) is 0. The van der Waals surface area contributed by atoms with Crippen molar-refractivity contribution in [1.82, 2.24) is 4.90 Å². The van der Waals surface area contributed by atoms with E-state index in [4.69, 9.17) is 5.73 Å². The Morgan fingerprint density at radius 3 is 2.58 bits per heavy atom. The van der Waals surface area contributed by atoms with Crippen molar-refractivity contribution in [1.29, 1.82) is 0 Å². The van der Waals surface area contributed by atoms with Crippen LogP contribution in [-0.2, 0) is 4.79 Å². The van der Waals surface area contributed by atoms with Crippen LogP contribution in [0, 0.1) is 11.8 Å². The lowest BCUT2D eigenvalue weighted by atomic mass is 9.99. The maximum atomic E-state index is 11.4. The van der Waals surface area contributed by atoms with Gasteiger partial charge >= 0.3 is 0 Å². The number of carbonyl (C=O) groups excluding carboxylic acids is 1. The predicted molar refractivity (Wildman–Crippen MR) is 48.6 cm³/mol. The Hall–Kier alpha value is -0.570. The Balaban J connectivity index is 2.19. The second kappa shape index (κ2) is 3.90. The lowest BCUT2D eigenvalue weighted by molar-refractivity contribution is -0.138. The number of hydrogen-bond acceptors (Lipinski definition) is 2. The minimum absolute atomic E-state index is 0.287. The van der Waals surface area contributed by atoms with Crippen molar-refractivity contribution >= 4 is 5.91 Å². The first-order chi connectivity index (χ1) is 5.63. The van der Waals surface area contributed by atoms with Gasteiger partial charge in [-0.1, -0.05) is 13.8 Å². The molecule has 0 unspecified atom stereocenters. The molecular weight excluding hydrogens is 152 g/mol. The number of nitrogens with zero attached hydrogens (tertiary/aromatic N) is 1. The van der Waals surface area contributed by atoms with E-state index < -0.39 is 0 Å². The Kier molecular flexibility index (Phi) is 3.09. The molecule has 1 saturated heterocycles. The maximum absolute atomic E-state index is 11.4. The molecule has 70 valence electrons. The molecule has 1 fully saturated rings. The van der Waals surface area contributed by atoms with Crippen LogP contribution in [0.15, 0.2) is 0 Å². The SMILES string of the molecule is CC(C)CC(=O)N1CC(CN)C1. The van der Waals surface area contributed by atoms with Gasteiger partial charge in [-0.25, -0.2) is 0 Å². The van der Waals surface area contributed by atoms with E-state index in [-0.39, 0.29) is 5.91 Å². The van der Waals surface area contributed by atoms with Crippen LogP contribution >= 0.6 is 0 Å². The van der Waals surface area contributed by atoms with Gasteiger partial charge in [-0.3, -0.25) is 4.79 Å². The third-order valence-corrected chi connectivity index (χ3v) is 2.23. The van der Waals surface area contributed by atoms with E-state index in [1.165, 1.54) is 0 Å². The van der Waals surface area contributed by atoms with Crippen LogP contribution in [-0.4, -0.2) is 30.4 Å². The molecule has 0 aliphatic carbocycles. The summed E-state index contributed by atoms with van der Waals surface area (Å²) in [6.07, 6.45) is 0.678. The van der Waals surface area contributed by atoms with Crippen LogP contribution in [0.5, 0.6) is 0 Å². The summed E-state index contributed by atoms with van der Waals surface area (Å²) >= 11 is 0. The maximum Gasteiger partial charge on any atom is 0.222 e. The molecule has 0 aromatic rings. The average Bonchev–Trinajstić information content (AvgIpc) is 1.82. The van der Waals surface area contributed by atoms with Crippen LogP contribution in [0.2, 0.25) is 0 Å². The summed E-state index contributed by atoms with van der Waals surface area (Å²) in [5.74, 6) is 1.31. The zero-order valence-electron chi connectivity index (χ0n) is 7.92. The predicted octanol–water partition coefficient (Wildman–Crippen LogP) is 0.450. The standard InChI is InChI=1S/C9H18N2O/c1-7(2)3-9(12)11-5-8(4-10)6-11/h7-8H,3-6,10H2,1-2H3. The van der Waals surface area contributed by atoms with Crippen LogP contribution in [0.4, 0.5) is 0 Å². The molecular formula is C9H18N2O. The minimum atomic E-state index is 0.287. The molecule has 0 aromatic heterocycles. The summed E-state index contributed by atoms with van der Waals surface area (Å²) < 4.78 is 0. The van der Waals surface area contributed by atoms with Crippen molar-refractivity contribution in [2.24, 2.45) is 17.6 Å². The Bertz CT molecular complexity index is 162. The molecule has 0 radical (unpaired) electrons. The Morgan fingerprint density at radius 2 is 2.17 bits per heavy atom. The fourth-order valence-corrected chi connectivity index (χ4v) is 1.40. The summed E-state index contributed by atoms with van der Waals surface area (Å²) in [6.45, 7) is 6.60. The lowest BCUT2D eigenvalue weighted by Crippen LogP contribution is -2.52. The molecule has 12 heavy (non-hydrogen) atoms. The van der Waals surface area contributed by atoms with Gasteiger partial charge in [0.1, 0.15) is 0 Å². The summed E-state index contributed by atoms with van der Waals surface area (Å²) in [4.78, 5) is 13.3. The number of amides is 1. The quantitative estimate of drug-likeness (QED) is 0.668. The summed E-state index contributed by atoms with van der Waals surface area (Å²) in [5, 5.41) is 0. The van der Waals surface area contributed by atoms with E-state index in [0.29, 0.717) is 24.8 Å². The van der Waals surface area contributed by atoms with E-state index in [9.17, 15) is 4.79 Å². The van der Waals surface area contributed by atoms with Crippen LogP contribution < -0.4 is 5.73 Å². The molecule has 0 aromatic carbocycles. The van der Waals surface area contributed by atoms with Gasteiger partial charge in [-0.15, -0.1) is 0 Å². The van der Waals surface area contributed by atoms with Crippen molar-refractivity contribution in [2.45, 2.75) is 20.3 Å². The third-order valence-electron chi connectivity index (χ3n) is 2.23. The van der Waals surface area contributed by atoms with Gasteiger partial charge in [0.15, 0.2) is 0 Å². The topological polar surface area (TPSA) is 46.3 Å². The van der Waals surface area contributed by atoms with Gasteiger partial charge in [0, 0.05) is 25.4 Å². The van der Waals surface area contributed by atoms with Gasteiger partial charge in [0.05, 0.1) is 0 Å². The molecule has 1 heterocycles. The molecule has 3 nitrogen and oxygen atoms in total. The smallest absolute Gasteiger partial charge is 0.222 e. The fourth-order valence-electron chi connectivity index (χ4n) is 1.40. The largest absolute Gasteiger partial charge is 0.342 e. The highest BCUT2D eigenvalue weighted by atomic mass is 16.2. The number of hydrogen-bond donors (Lipinski definition) is 1.